The Hall–Kier alpha value is -4.62. The molecule has 0 aliphatic carbocycles. The molecule has 6 rings (SSSR count). The van der Waals surface area contributed by atoms with Gasteiger partial charge in [0.15, 0.2) is 0 Å². The third-order valence-corrected chi connectivity index (χ3v) is 5.38. The lowest BCUT2D eigenvalue weighted by molar-refractivity contribution is 1.41. The molecule has 5 aliphatic rings. The maximum Gasteiger partial charge on any atom is 0.0737 e. The van der Waals surface area contributed by atoms with Gasteiger partial charge in [-0.3, -0.25) is 0 Å². The number of hydrogen-bond donors (Lipinski definition) is 0. The highest BCUT2D eigenvalue weighted by molar-refractivity contribution is 6.19. The molecule has 4 nitrogen and oxygen atoms in total. The van der Waals surface area contributed by atoms with E-state index in [9.17, 15) is 0 Å². The molecule has 4 heteroatoms. The molecule has 0 fully saturated rings. The van der Waals surface area contributed by atoms with Crippen LogP contribution in [0.1, 0.15) is 11.1 Å². The molecule has 8 bridgehead atoms. The van der Waals surface area contributed by atoms with Crippen molar-refractivity contribution in [1.82, 2.24) is 0 Å². The molecule has 0 unspecified atom stereocenters. The van der Waals surface area contributed by atoms with Gasteiger partial charge < -0.3 is 0 Å². The van der Waals surface area contributed by atoms with E-state index in [4.69, 9.17) is 21.4 Å². The predicted molar refractivity (Wildman–Crippen MR) is 132 cm³/mol. The lowest BCUT2D eigenvalue weighted by Crippen LogP contribution is -1.91. The van der Waals surface area contributed by atoms with Crippen LogP contribution in [0.5, 0.6) is 0 Å². The Morgan fingerprint density at radius 1 is 0.594 bits per heavy atom. The summed E-state index contributed by atoms with van der Waals surface area (Å²) < 4.78 is 0. The molecule has 5 aliphatic heterocycles. The molecule has 0 aromatic heterocycles. The number of nitrogens with zero attached hydrogens (tertiary/aromatic N) is 4. The first kappa shape index (κ1) is 18.2. The largest absolute Gasteiger partial charge is 0.249 e. The second-order valence-electron chi connectivity index (χ2n) is 7.67. The van der Waals surface area contributed by atoms with E-state index in [1.807, 2.05) is 85.0 Å². The zero-order valence-corrected chi connectivity index (χ0v) is 17.0. The van der Waals surface area contributed by atoms with E-state index in [1.165, 1.54) is 0 Å². The normalized spacial score (nSPS) is 19.9. The van der Waals surface area contributed by atoms with Crippen LogP contribution in [0, 0.1) is 12.3 Å². The van der Waals surface area contributed by atoms with Gasteiger partial charge in [0, 0.05) is 11.1 Å². The fraction of sp³-hybridized carbons (Fsp3) is 0. The van der Waals surface area contributed by atoms with Gasteiger partial charge in [0.05, 0.1) is 45.6 Å². The van der Waals surface area contributed by atoms with Crippen molar-refractivity contribution in [1.29, 1.82) is 0 Å². The molecular formula is C28H16N4. The molecular weight excluding hydrogens is 392 g/mol. The molecule has 0 amide bonds. The summed E-state index contributed by atoms with van der Waals surface area (Å²) in [4.78, 5) is 19.0. The zero-order valence-electron chi connectivity index (χ0n) is 17.0. The minimum atomic E-state index is 0.834. The quantitative estimate of drug-likeness (QED) is 0.582. The maximum atomic E-state index is 5.62. The molecule has 0 atom stereocenters. The van der Waals surface area contributed by atoms with Gasteiger partial charge in [-0.15, -0.1) is 6.42 Å². The van der Waals surface area contributed by atoms with Crippen LogP contribution in [0.25, 0.3) is 5.57 Å². The number of rotatable bonds is 1. The second-order valence-corrected chi connectivity index (χ2v) is 7.67. The summed E-state index contributed by atoms with van der Waals surface area (Å²) in [5.41, 5.74) is 9.69. The van der Waals surface area contributed by atoms with E-state index in [2.05, 4.69) is 17.0 Å². The Morgan fingerprint density at radius 3 is 1.81 bits per heavy atom. The van der Waals surface area contributed by atoms with Gasteiger partial charge in [0.1, 0.15) is 0 Å². The van der Waals surface area contributed by atoms with Gasteiger partial charge in [-0.25, -0.2) is 20.0 Å². The minimum absolute atomic E-state index is 0.834. The minimum Gasteiger partial charge on any atom is -0.249 e. The Morgan fingerprint density at radius 2 is 1.19 bits per heavy atom. The van der Waals surface area contributed by atoms with Crippen LogP contribution in [0.15, 0.2) is 134 Å². The third-order valence-electron chi connectivity index (χ3n) is 5.38. The second kappa shape index (κ2) is 7.26. The number of allylic oxidation sites excluding steroid dienone is 12. The molecule has 0 saturated carbocycles. The van der Waals surface area contributed by atoms with Crippen molar-refractivity contribution in [2.45, 2.75) is 0 Å². The summed E-state index contributed by atoms with van der Waals surface area (Å²) >= 11 is 0. The first-order valence-electron chi connectivity index (χ1n) is 10.3. The standard InChI is InChI=1S/C28H16N4/c1-2-18-4-3-5-19(12-18)27-16-26-15-24-9-8-22(30-24)13-20-6-7-21(29-20)14-23-10-11-25(31-23)17-28(27)32-26/h1,3-17H. The monoisotopic (exact) mass is 408 g/mol. The molecule has 1 aromatic rings. The Kier molecular flexibility index (Phi) is 4.12. The summed E-state index contributed by atoms with van der Waals surface area (Å²) in [6.07, 6.45) is 27.5. The van der Waals surface area contributed by atoms with Crippen LogP contribution < -0.4 is 0 Å². The molecule has 0 radical (unpaired) electrons. The lowest BCUT2D eigenvalue weighted by Gasteiger charge is -2.05. The number of fused-ring (bicyclic) bond motifs is 4. The highest BCUT2D eigenvalue weighted by Crippen LogP contribution is 2.31. The summed E-state index contributed by atoms with van der Waals surface area (Å²) in [6, 6.07) is 7.94. The van der Waals surface area contributed by atoms with Gasteiger partial charge >= 0.3 is 0 Å². The van der Waals surface area contributed by atoms with E-state index in [0.717, 1.165) is 62.3 Å². The summed E-state index contributed by atoms with van der Waals surface area (Å²) in [5, 5.41) is 0. The van der Waals surface area contributed by atoms with Crippen LogP contribution in [0.4, 0.5) is 0 Å². The van der Waals surface area contributed by atoms with E-state index in [-0.39, 0.29) is 0 Å². The summed E-state index contributed by atoms with van der Waals surface area (Å²) in [6.45, 7) is 0. The van der Waals surface area contributed by atoms with E-state index in [1.54, 1.807) is 0 Å². The number of terminal acetylenes is 1. The van der Waals surface area contributed by atoms with Gasteiger partial charge in [0.25, 0.3) is 0 Å². The molecule has 0 spiro atoms. The fourth-order valence-corrected chi connectivity index (χ4v) is 3.91. The van der Waals surface area contributed by atoms with Crippen LogP contribution >= 0.6 is 0 Å². The Bertz CT molecular complexity index is 1500. The van der Waals surface area contributed by atoms with E-state index >= 15 is 0 Å². The van der Waals surface area contributed by atoms with Crippen molar-refractivity contribution in [2.75, 3.05) is 0 Å². The lowest BCUT2D eigenvalue weighted by atomic mass is 10.00. The van der Waals surface area contributed by atoms with Crippen molar-refractivity contribution >= 4 is 28.4 Å². The Balaban J connectivity index is 1.51. The van der Waals surface area contributed by atoms with E-state index < -0.39 is 0 Å². The highest BCUT2D eigenvalue weighted by atomic mass is 14.8. The summed E-state index contributed by atoms with van der Waals surface area (Å²) in [7, 11) is 0. The Labute approximate surface area is 185 Å². The van der Waals surface area contributed by atoms with Gasteiger partial charge in [-0.05, 0) is 84.5 Å². The molecule has 0 N–H and O–H groups in total. The number of aliphatic imine (C=N–C) groups is 4. The first-order chi connectivity index (χ1) is 15.7. The topological polar surface area (TPSA) is 49.4 Å². The average Bonchev–Trinajstić information content (AvgIpc) is 3.59. The van der Waals surface area contributed by atoms with Crippen molar-refractivity contribution in [3.05, 3.63) is 125 Å². The number of hydrogen-bond acceptors (Lipinski definition) is 4. The highest BCUT2D eigenvalue weighted by Gasteiger charge is 2.18. The molecule has 148 valence electrons. The number of benzene rings is 1. The van der Waals surface area contributed by atoms with Gasteiger partial charge in [-0.1, -0.05) is 18.1 Å². The van der Waals surface area contributed by atoms with Crippen molar-refractivity contribution in [3.63, 3.8) is 0 Å². The van der Waals surface area contributed by atoms with Crippen molar-refractivity contribution in [2.24, 2.45) is 20.0 Å². The van der Waals surface area contributed by atoms with Crippen molar-refractivity contribution in [3.8, 4) is 12.3 Å². The average molecular weight is 408 g/mol. The third kappa shape index (κ3) is 3.42. The predicted octanol–water partition coefficient (Wildman–Crippen LogP) is 5.09. The van der Waals surface area contributed by atoms with Crippen LogP contribution in [0.3, 0.4) is 0 Å². The maximum absolute atomic E-state index is 5.62. The van der Waals surface area contributed by atoms with E-state index in [0.29, 0.717) is 0 Å². The zero-order chi connectivity index (χ0) is 21.5. The van der Waals surface area contributed by atoms with Gasteiger partial charge in [0.2, 0.25) is 0 Å². The van der Waals surface area contributed by atoms with Crippen LogP contribution in [-0.4, -0.2) is 22.8 Å². The van der Waals surface area contributed by atoms with Gasteiger partial charge in [-0.2, -0.15) is 0 Å². The molecule has 1 aromatic carbocycles. The smallest absolute Gasteiger partial charge is 0.0737 e. The molecule has 5 heterocycles. The van der Waals surface area contributed by atoms with Crippen LogP contribution in [0.2, 0.25) is 0 Å². The van der Waals surface area contributed by atoms with Crippen LogP contribution in [-0.2, 0) is 0 Å². The van der Waals surface area contributed by atoms with Crippen molar-refractivity contribution < 1.29 is 0 Å². The molecule has 32 heavy (non-hydrogen) atoms. The fourth-order valence-electron chi connectivity index (χ4n) is 3.91. The molecule has 0 saturated heterocycles. The summed E-state index contributed by atoms with van der Waals surface area (Å²) in [5.74, 6) is 2.71. The first-order valence-corrected chi connectivity index (χ1v) is 10.3. The SMILES string of the molecule is C#Cc1cccc(C2=CC3=NC2=CC2=NC(=CC4=NC(=CC5=NC(=C3)C=C5)C=C4)C=C2)c1.